The lowest BCUT2D eigenvalue weighted by Gasteiger charge is -2.11. The van der Waals surface area contributed by atoms with Crippen molar-refractivity contribution in [3.05, 3.63) is 57.5 Å². The van der Waals surface area contributed by atoms with Crippen molar-refractivity contribution < 1.29 is 14.6 Å². The molecule has 0 saturated heterocycles. The van der Waals surface area contributed by atoms with Crippen molar-refractivity contribution in [2.24, 2.45) is 0 Å². The van der Waals surface area contributed by atoms with Crippen LogP contribution in [0.5, 0.6) is 5.75 Å². The quantitative estimate of drug-likeness (QED) is 0.611. The molecule has 3 aromatic rings. The summed E-state index contributed by atoms with van der Waals surface area (Å²) in [5.74, 6) is 0.416. The zero-order valence-electron chi connectivity index (χ0n) is 14.5. The number of para-hydroxylation sites is 1. The number of unbranched alkanes of at least 4 members (excludes halogenated alkanes) is 1. The number of carbonyl (C=O) groups is 1. The molecule has 1 aromatic carbocycles. The highest BCUT2D eigenvalue weighted by Gasteiger charge is 2.18. The Balaban J connectivity index is 1.72. The van der Waals surface area contributed by atoms with Crippen LogP contribution in [0.3, 0.4) is 0 Å². The average molecular weight is 372 g/mol. The number of benzene rings is 1. The van der Waals surface area contributed by atoms with E-state index in [4.69, 9.17) is 4.74 Å². The third-order valence-electron chi connectivity index (χ3n) is 4.11. The van der Waals surface area contributed by atoms with Gasteiger partial charge < -0.3 is 9.84 Å². The van der Waals surface area contributed by atoms with E-state index in [9.17, 15) is 14.7 Å². The first-order chi connectivity index (χ1) is 12.6. The van der Waals surface area contributed by atoms with Crippen molar-refractivity contribution in [1.82, 2.24) is 9.55 Å². The molecule has 0 unspecified atom stereocenters. The molecule has 1 N–H and O–H groups in total. The molecule has 0 atom stereocenters. The van der Waals surface area contributed by atoms with E-state index >= 15 is 0 Å². The molecule has 2 heterocycles. The predicted octanol–water partition coefficient (Wildman–Crippen LogP) is 3.58. The predicted molar refractivity (Wildman–Crippen MR) is 101 cm³/mol. The van der Waals surface area contributed by atoms with Crippen LogP contribution in [-0.4, -0.2) is 27.2 Å². The van der Waals surface area contributed by atoms with Gasteiger partial charge in [0.15, 0.2) is 0 Å². The summed E-state index contributed by atoms with van der Waals surface area (Å²) < 4.78 is 7.26. The summed E-state index contributed by atoms with van der Waals surface area (Å²) >= 11 is 1.20. The van der Waals surface area contributed by atoms with Gasteiger partial charge in [-0.1, -0.05) is 25.1 Å². The van der Waals surface area contributed by atoms with E-state index in [2.05, 4.69) is 4.98 Å². The largest absolute Gasteiger partial charge is 0.494 e. The minimum atomic E-state index is -1.10. The normalized spacial score (nSPS) is 11.0. The minimum absolute atomic E-state index is 0.0336. The maximum absolute atomic E-state index is 12.8. The first-order valence-electron chi connectivity index (χ1n) is 8.54. The summed E-state index contributed by atoms with van der Waals surface area (Å²) in [6.45, 7) is 3.00. The maximum Gasteiger partial charge on any atom is 0.337 e. The van der Waals surface area contributed by atoms with Gasteiger partial charge in [0.05, 0.1) is 17.6 Å². The molecule has 0 radical (unpaired) electrons. The highest BCUT2D eigenvalue weighted by atomic mass is 32.1. The monoisotopic (exact) mass is 372 g/mol. The highest BCUT2D eigenvalue weighted by molar-refractivity contribution is 7.17. The number of fused-ring (bicyclic) bond motifs is 1. The van der Waals surface area contributed by atoms with E-state index in [1.165, 1.54) is 16.7 Å². The number of carboxylic acid groups (broad SMARTS) is 1. The Morgan fingerprint density at radius 3 is 2.73 bits per heavy atom. The van der Waals surface area contributed by atoms with E-state index < -0.39 is 5.97 Å². The maximum atomic E-state index is 12.8. The van der Waals surface area contributed by atoms with Crippen molar-refractivity contribution in [3.63, 3.8) is 0 Å². The molecule has 26 heavy (non-hydrogen) atoms. The molecule has 7 heteroatoms. The van der Waals surface area contributed by atoms with Gasteiger partial charge in [-0.2, -0.15) is 0 Å². The van der Waals surface area contributed by atoms with Crippen LogP contribution in [0.4, 0.5) is 0 Å². The lowest BCUT2D eigenvalue weighted by Crippen LogP contribution is -2.26. The zero-order valence-corrected chi connectivity index (χ0v) is 15.3. The third-order valence-corrected chi connectivity index (χ3v) is 4.98. The van der Waals surface area contributed by atoms with Crippen LogP contribution in [0.25, 0.3) is 10.2 Å². The van der Waals surface area contributed by atoms with Crippen molar-refractivity contribution >= 4 is 27.5 Å². The fourth-order valence-electron chi connectivity index (χ4n) is 2.80. The third kappa shape index (κ3) is 3.77. The highest BCUT2D eigenvalue weighted by Crippen LogP contribution is 2.22. The molecule has 0 aliphatic rings. The van der Waals surface area contributed by atoms with E-state index in [-0.39, 0.29) is 16.5 Å². The van der Waals surface area contributed by atoms with Gasteiger partial charge in [-0.25, -0.2) is 9.78 Å². The van der Waals surface area contributed by atoms with E-state index in [0.717, 1.165) is 18.6 Å². The first kappa shape index (κ1) is 18.1. The number of carboxylic acids is 1. The van der Waals surface area contributed by atoms with Crippen molar-refractivity contribution in [3.8, 4) is 5.75 Å². The second kappa shape index (κ2) is 8.14. The fraction of sp³-hybridized carbons (Fsp3) is 0.316. The van der Waals surface area contributed by atoms with Gasteiger partial charge >= 0.3 is 5.97 Å². The smallest absolute Gasteiger partial charge is 0.337 e. The van der Waals surface area contributed by atoms with Crippen LogP contribution in [-0.2, 0) is 13.0 Å². The number of aryl methyl sites for hydroxylation is 1. The SMILES string of the molecule is CCc1nc2scc(C(=O)O)c2c(=O)n1CCCCOc1ccccc1. The summed E-state index contributed by atoms with van der Waals surface area (Å²) in [5.41, 5.74) is -0.235. The van der Waals surface area contributed by atoms with Gasteiger partial charge in [0.2, 0.25) is 0 Å². The zero-order chi connectivity index (χ0) is 18.5. The molecule has 0 fully saturated rings. The number of hydrogen-bond donors (Lipinski definition) is 1. The summed E-state index contributed by atoms with van der Waals surface area (Å²) in [5, 5.41) is 11.0. The van der Waals surface area contributed by atoms with Crippen LogP contribution < -0.4 is 10.3 Å². The molecule has 6 nitrogen and oxygen atoms in total. The van der Waals surface area contributed by atoms with Crippen LogP contribution >= 0.6 is 11.3 Å². The van der Waals surface area contributed by atoms with Gasteiger partial charge in [0.1, 0.15) is 16.4 Å². The molecule has 0 aliphatic carbocycles. The van der Waals surface area contributed by atoms with Crippen molar-refractivity contribution in [2.75, 3.05) is 6.61 Å². The molecule has 0 spiro atoms. The van der Waals surface area contributed by atoms with Gasteiger partial charge in [-0.15, -0.1) is 11.3 Å². The van der Waals surface area contributed by atoms with Crippen molar-refractivity contribution in [1.29, 1.82) is 0 Å². The van der Waals surface area contributed by atoms with Crippen LogP contribution in [0.15, 0.2) is 40.5 Å². The molecule has 0 saturated carbocycles. The van der Waals surface area contributed by atoms with Gasteiger partial charge in [-0.3, -0.25) is 9.36 Å². The van der Waals surface area contributed by atoms with E-state index in [1.807, 2.05) is 37.3 Å². The number of nitrogens with zero attached hydrogens (tertiary/aromatic N) is 2. The molecule has 136 valence electrons. The molecule has 0 amide bonds. The topological polar surface area (TPSA) is 81.4 Å². The van der Waals surface area contributed by atoms with Gasteiger partial charge in [0, 0.05) is 18.3 Å². The molecule has 0 aliphatic heterocycles. The van der Waals surface area contributed by atoms with E-state index in [1.54, 1.807) is 4.57 Å². The number of hydrogen-bond acceptors (Lipinski definition) is 5. The van der Waals surface area contributed by atoms with E-state index in [0.29, 0.717) is 30.2 Å². The molecule has 3 rings (SSSR count). The number of aromatic carboxylic acids is 1. The molecular weight excluding hydrogens is 352 g/mol. The molecule has 2 aromatic heterocycles. The standard InChI is InChI=1S/C19H20N2O4S/c1-2-15-20-17-16(14(12-26-17)19(23)24)18(22)21(15)10-6-7-11-25-13-8-4-3-5-9-13/h3-5,8-9,12H,2,6-7,10-11H2,1H3,(H,23,24). The lowest BCUT2D eigenvalue weighted by molar-refractivity contribution is 0.0699. The second-order valence-electron chi connectivity index (χ2n) is 5.84. The number of thiophene rings is 1. The Morgan fingerprint density at radius 2 is 2.04 bits per heavy atom. The Bertz CT molecular complexity index is 963. The van der Waals surface area contributed by atoms with Gasteiger partial charge in [-0.05, 0) is 25.0 Å². The molecular formula is C19H20N2O4S. The van der Waals surface area contributed by atoms with Crippen LogP contribution in [0.2, 0.25) is 0 Å². The first-order valence-corrected chi connectivity index (χ1v) is 9.41. The van der Waals surface area contributed by atoms with Crippen LogP contribution in [0, 0.1) is 0 Å². The summed E-state index contributed by atoms with van der Waals surface area (Å²) in [6.07, 6.45) is 2.16. The van der Waals surface area contributed by atoms with Crippen LogP contribution in [0.1, 0.15) is 35.9 Å². The lowest BCUT2D eigenvalue weighted by atomic mass is 10.2. The summed E-state index contributed by atoms with van der Waals surface area (Å²) in [4.78, 5) is 29.1. The van der Waals surface area contributed by atoms with Gasteiger partial charge in [0.25, 0.3) is 5.56 Å². The number of rotatable bonds is 8. The summed E-state index contributed by atoms with van der Waals surface area (Å²) in [6, 6.07) is 9.59. The molecule has 0 bridgehead atoms. The second-order valence-corrected chi connectivity index (χ2v) is 6.70. The minimum Gasteiger partial charge on any atom is -0.494 e. The van der Waals surface area contributed by atoms with Crippen molar-refractivity contribution in [2.45, 2.75) is 32.7 Å². The number of aromatic nitrogens is 2. The number of ether oxygens (including phenoxy) is 1. The Kier molecular flexibility index (Phi) is 5.68. The average Bonchev–Trinajstić information content (AvgIpc) is 3.08. The Morgan fingerprint density at radius 1 is 1.27 bits per heavy atom. The fourth-order valence-corrected chi connectivity index (χ4v) is 3.72. The Hall–Kier alpha value is -2.67. The summed E-state index contributed by atoms with van der Waals surface area (Å²) in [7, 11) is 0. The Labute approximate surface area is 154 Å².